The minimum absolute atomic E-state index is 0.0756. The van der Waals surface area contributed by atoms with E-state index in [1.165, 1.54) is 11.6 Å². The Kier molecular flexibility index (Phi) is 7.21. The Bertz CT molecular complexity index is 692. The SMILES string of the molecule is C[C@H](Cc1ccsc1)NC(=O)NCC(Cc1ccc(=O)[nH]c1)N(C)C. The molecule has 2 amide bonds. The Balaban J connectivity index is 1.80. The Morgan fingerprint density at radius 1 is 1.24 bits per heavy atom. The van der Waals surface area contributed by atoms with Gasteiger partial charge in [0.25, 0.3) is 0 Å². The van der Waals surface area contributed by atoms with E-state index >= 15 is 0 Å². The van der Waals surface area contributed by atoms with Gasteiger partial charge in [0.15, 0.2) is 0 Å². The van der Waals surface area contributed by atoms with Crippen molar-refractivity contribution < 1.29 is 4.79 Å². The molecule has 2 rings (SSSR count). The normalized spacial score (nSPS) is 13.4. The summed E-state index contributed by atoms with van der Waals surface area (Å²) < 4.78 is 0. The second kappa shape index (κ2) is 9.39. The highest BCUT2D eigenvalue weighted by Crippen LogP contribution is 2.08. The van der Waals surface area contributed by atoms with Gasteiger partial charge in [-0.1, -0.05) is 6.07 Å². The highest BCUT2D eigenvalue weighted by atomic mass is 32.1. The van der Waals surface area contributed by atoms with Gasteiger partial charge in [0.05, 0.1) is 0 Å². The molecule has 0 saturated carbocycles. The molecule has 6 nitrogen and oxygen atoms in total. The van der Waals surface area contributed by atoms with Crippen LogP contribution in [0.15, 0.2) is 40.0 Å². The molecular weight excluding hydrogens is 336 g/mol. The van der Waals surface area contributed by atoms with Gasteiger partial charge in [-0.3, -0.25) is 4.79 Å². The van der Waals surface area contributed by atoms with E-state index in [-0.39, 0.29) is 23.7 Å². The van der Waals surface area contributed by atoms with E-state index in [4.69, 9.17) is 0 Å². The number of nitrogens with zero attached hydrogens (tertiary/aromatic N) is 1. The zero-order chi connectivity index (χ0) is 18.2. The summed E-state index contributed by atoms with van der Waals surface area (Å²) in [5.41, 5.74) is 2.16. The number of thiophene rings is 1. The van der Waals surface area contributed by atoms with Crippen molar-refractivity contribution >= 4 is 17.4 Å². The fourth-order valence-corrected chi connectivity index (χ4v) is 3.26. The Labute approximate surface area is 152 Å². The number of hydrogen-bond acceptors (Lipinski definition) is 4. The van der Waals surface area contributed by atoms with Crippen molar-refractivity contribution in [2.75, 3.05) is 20.6 Å². The molecule has 2 aromatic rings. The van der Waals surface area contributed by atoms with Crippen LogP contribution in [0.3, 0.4) is 0 Å². The number of pyridine rings is 1. The number of amides is 2. The van der Waals surface area contributed by atoms with Crippen molar-refractivity contribution in [3.8, 4) is 0 Å². The summed E-state index contributed by atoms with van der Waals surface area (Å²) in [6, 6.07) is 5.48. The van der Waals surface area contributed by atoms with Crippen molar-refractivity contribution in [2.45, 2.75) is 31.8 Å². The molecule has 0 radical (unpaired) electrons. The standard InChI is InChI=1S/C18H26N4O2S/c1-13(8-15-6-7-25-12-15)21-18(24)20-11-16(22(2)3)9-14-4-5-17(23)19-10-14/h4-7,10,12-13,16H,8-9,11H2,1-3H3,(H,19,23)(H2,20,21,24)/t13-,16?/m1/s1. The fraction of sp³-hybridized carbons (Fsp3) is 0.444. The van der Waals surface area contributed by atoms with E-state index in [2.05, 4.69) is 32.0 Å². The zero-order valence-corrected chi connectivity index (χ0v) is 15.7. The van der Waals surface area contributed by atoms with Gasteiger partial charge in [-0.2, -0.15) is 11.3 Å². The number of H-pyrrole nitrogens is 1. The predicted molar refractivity (Wildman–Crippen MR) is 102 cm³/mol. The number of rotatable bonds is 8. The van der Waals surface area contributed by atoms with E-state index in [1.807, 2.05) is 32.5 Å². The maximum absolute atomic E-state index is 12.1. The molecule has 0 bridgehead atoms. The second-order valence-corrected chi connectivity index (χ2v) is 7.25. The Morgan fingerprint density at radius 2 is 2.04 bits per heavy atom. The smallest absolute Gasteiger partial charge is 0.315 e. The molecule has 2 atom stereocenters. The number of carbonyl (C=O) groups excluding carboxylic acids is 1. The lowest BCUT2D eigenvalue weighted by Crippen LogP contribution is -2.47. The van der Waals surface area contributed by atoms with Gasteiger partial charge in [-0.25, -0.2) is 4.79 Å². The number of carbonyl (C=O) groups is 1. The van der Waals surface area contributed by atoms with Gasteiger partial charge in [0.2, 0.25) is 5.56 Å². The van der Waals surface area contributed by atoms with Gasteiger partial charge in [0, 0.05) is 30.9 Å². The molecule has 0 aliphatic rings. The number of hydrogen-bond donors (Lipinski definition) is 3. The molecule has 0 fully saturated rings. The lowest BCUT2D eigenvalue weighted by molar-refractivity contribution is 0.229. The van der Waals surface area contributed by atoms with Crippen LogP contribution in [0.2, 0.25) is 0 Å². The third-order valence-corrected chi connectivity index (χ3v) is 4.78. The number of likely N-dealkylation sites (N-methyl/N-ethyl adjacent to an activating group) is 1. The van der Waals surface area contributed by atoms with Crippen LogP contribution in [0.1, 0.15) is 18.1 Å². The van der Waals surface area contributed by atoms with Crippen LogP contribution in [0.4, 0.5) is 4.79 Å². The lowest BCUT2D eigenvalue weighted by Gasteiger charge is -2.25. The van der Waals surface area contributed by atoms with Crippen molar-refractivity contribution in [3.63, 3.8) is 0 Å². The van der Waals surface area contributed by atoms with Gasteiger partial charge in [-0.05, 0) is 61.8 Å². The highest BCUT2D eigenvalue weighted by molar-refractivity contribution is 7.07. The van der Waals surface area contributed by atoms with Crippen LogP contribution >= 0.6 is 11.3 Å². The summed E-state index contributed by atoms with van der Waals surface area (Å²) in [5, 5.41) is 10.1. The molecule has 1 unspecified atom stereocenters. The van der Waals surface area contributed by atoms with Crippen LogP contribution in [0.5, 0.6) is 0 Å². The largest absolute Gasteiger partial charge is 0.337 e. The number of aromatic nitrogens is 1. The average molecular weight is 362 g/mol. The highest BCUT2D eigenvalue weighted by Gasteiger charge is 2.15. The van der Waals surface area contributed by atoms with Crippen LogP contribution < -0.4 is 16.2 Å². The summed E-state index contributed by atoms with van der Waals surface area (Å²) in [4.78, 5) is 28.0. The van der Waals surface area contributed by atoms with Crippen LogP contribution in [-0.4, -0.2) is 48.6 Å². The van der Waals surface area contributed by atoms with Gasteiger partial charge in [-0.15, -0.1) is 0 Å². The summed E-state index contributed by atoms with van der Waals surface area (Å²) in [5.74, 6) is 0. The van der Waals surface area contributed by atoms with E-state index in [9.17, 15) is 9.59 Å². The first-order valence-corrected chi connectivity index (χ1v) is 9.28. The van der Waals surface area contributed by atoms with Crippen molar-refractivity contribution in [1.29, 1.82) is 0 Å². The van der Waals surface area contributed by atoms with Crippen LogP contribution in [0.25, 0.3) is 0 Å². The lowest BCUT2D eigenvalue weighted by atomic mass is 10.1. The quantitative estimate of drug-likeness (QED) is 0.671. The van der Waals surface area contributed by atoms with Gasteiger partial charge >= 0.3 is 6.03 Å². The van der Waals surface area contributed by atoms with Crippen LogP contribution in [-0.2, 0) is 12.8 Å². The summed E-state index contributed by atoms with van der Waals surface area (Å²) in [7, 11) is 3.96. The third-order valence-electron chi connectivity index (χ3n) is 4.05. The molecule has 0 aliphatic heterocycles. The minimum Gasteiger partial charge on any atom is -0.337 e. The van der Waals surface area contributed by atoms with Crippen molar-refractivity contribution in [3.05, 3.63) is 56.6 Å². The monoisotopic (exact) mass is 362 g/mol. The Hall–Kier alpha value is -2.12. The molecule has 0 aliphatic carbocycles. The molecule has 0 spiro atoms. The summed E-state index contributed by atoms with van der Waals surface area (Å²) in [6.45, 7) is 2.53. The maximum atomic E-state index is 12.1. The average Bonchev–Trinajstić information content (AvgIpc) is 3.05. The molecule has 136 valence electrons. The predicted octanol–water partition coefficient (Wildman–Crippen LogP) is 1.84. The van der Waals surface area contributed by atoms with Crippen LogP contribution in [0, 0.1) is 0 Å². The molecule has 3 N–H and O–H groups in total. The molecule has 7 heteroatoms. The maximum Gasteiger partial charge on any atom is 0.315 e. The number of aromatic amines is 1. The van der Waals surface area contributed by atoms with E-state index in [1.54, 1.807) is 17.5 Å². The zero-order valence-electron chi connectivity index (χ0n) is 14.9. The fourth-order valence-electron chi connectivity index (χ4n) is 2.58. The first kappa shape index (κ1) is 19.2. The third kappa shape index (κ3) is 6.72. The van der Waals surface area contributed by atoms with Crippen molar-refractivity contribution in [2.24, 2.45) is 0 Å². The summed E-state index contributed by atoms with van der Waals surface area (Å²) in [6.07, 6.45) is 3.29. The summed E-state index contributed by atoms with van der Waals surface area (Å²) >= 11 is 1.66. The van der Waals surface area contributed by atoms with E-state index < -0.39 is 0 Å². The van der Waals surface area contributed by atoms with Crippen molar-refractivity contribution in [1.82, 2.24) is 20.5 Å². The molecule has 2 heterocycles. The first-order valence-electron chi connectivity index (χ1n) is 8.33. The van der Waals surface area contributed by atoms with E-state index in [0.29, 0.717) is 6.54 Å². The molecule has 25 heavy (non-hydrogen) atoms. The second-order valence-electron chi connectivity index (χ2n) is 6.47. The van der Waals surface area contributed by atoms with Gasteiger partial charge in [0.1, 0.15) is 0 Å². The Morgan fingerprint density at radius 3 is 2.64 bits per heavy atom. The molecule has 0 saturated heterocycles. The van der Waals surface area contributed by atoms with E-state index in [0.717, 1.165) is 18.4 Å². The molecular formula is C18H26N4O2S. The first-order chi connectivity index (χ1) is 11.9. The number of urea groups is 1. The molecule has 0 aromatic carbocycles. The van der Waals surface area contributed by atoms with Gasteiger partial charge < -0.3 is 20.5 Å². The molecule has 2 aromatic heterocycles. The minimum atomic E-state index is -0.156. The number of nitrogens with one attached hydrogen (secondary N) is 3. The topological polar surface area (TPSA) is 77.2 Å².